The molecule has 0 saturated heterocycles. The second-order valence-electron chi connectivity index (χ2n) is 8.34. The quantitative estimate of drug-likeness (QED) is 0.581. The van der Waals surface area contributed by atoms with Crippen molar-refractivity contribution in [3.63, 3.8) is 0 Å². The zero-order valence-corrected chi connectivity index (χ0v) is 19.0. The molecular weight excluding hydrogens is 403 g/mol. The van der Waals surface area contributed by atoms with Crippen molar-refractivity contribution in [3.8, 4) is 0 Å². The first-order valence-corrected chi connectivity index (χ1v) is 12.0. The minimum absolute atomic E-state index is 0.0503. The summed E-state index contributed by atoms with van der Waals surface area (Å²) in [5, 5.41) is 7.33. The number of rotatable bonds is 3. The van der Waals surface area contributed by atoms with Crippen molar-refractivity contribution < 1.29 is 9.18 Å². The van der Waals surface area contributed by atoms with Crippen molar-refractivity contribution in [3.05, 3.63) is 57.8 Å². The second kappa shape index (κ2) is 7.95. The molecule has 2 atom stereocenters. The molecule has 2 heterocycles. The van der Waals surface area contributed by atoms with Crippen molar-refractivity contribution in [2.75, 3.05) is 5.75 Å². The molecule has 0 radical (unpaired) electrons. The van der Waals surface area contributed by atoms with E-state index < -0.39 is 4.87 Å². The Labute approximate surface area is 180 Å². The van der Waals surface area contributed by atoms with E-state index in [1.807, 2.05) is 25.6 Å². The van der Waals surface area contributed by atoms with Crippen molar-refractivity contribution in [1.82, 2.24) is 5.01 Å². The van der Waals surface area contributed by atoms with Gasteiger partial charge in [0.05, 0.1) is 0 Å². The van der Waals surface area contributed by atoms with Gasteiger partial charge in [-0.1, -0.05) is 50.8 Å². The number of thioether (sulfide) groups is 2. The van der Waals surface area contributed by atoms with Gasteiger partial charge >= 0.3 is 0 Å². The largest absolute Gasteiger partial charge is 0.273 e. The number of hydrazone groups is 1. The Morgan fingerprint density at radius 3 is 2.86 bits per heavy atom. The number of aryl methyl sites for hydroxylation is 1. The fraction of sp³-hybridized carbons (Fsp3) is 0.478. The Balaban J connectivity index is 1.84. The highest BCUT2D eigenvalue weighted by molar-refractivity contribution is 8.16. The lowest BCUT2D eigenvalue weighted by atomic mass is 9.89. The monoisotopic (exact) mass is 430 g/mol. The summed E-state index contributed by atoms with van der Waals surface area (Å²) in [6, 6.07) is 4.79. The Bertz CT molecular complexity index is 937. The summed E-state index contributed by atoms with van der Waals surface area (Å²) in [5.41, 5.74) is 2.96. The molecule has 4 rings (SSSR count). The number of hydrogen-bond acceptors (Lipinski definition) is 4. The predicted molar refractivity (Wildman–Crippen MR) is 121 cm³/mol. The fourth-order valence-electron chi connectivity index (χ4n) is 4.02. The van der Waals surface area contributed by atoms with Gasteiger partial charge in [-0.15, -0.1) is 11.8 Å². The lowest BCUT2D eigenvalue weighted by Gasteiger charge is -2.42. The zero-order valence-electron chi connectivity index (χ0n) is 17.4. The Kier molecular flexibility index (Phi) is 5.68. The second-order valence-corrected chi connectivity index (χ2v) is 10.7. The molecule has 1 aliphatic carbocycles. The number of hydrogen-bond donors (Lipinski definition) is 0. The van der Waals surface area contributed by atoms with E-state index in [4.69, 9.17) is 5.10 Å². The molecule has 0 saturated carbocycles. The Morgan fingerprint density at radius 1 is 1.31 bits per heavy atom. The van der Waals surface area contributed by atoms with Crippen LogP contribution in [-0.2, 0) is 4.79 Å². The smallest absolute Gasteiger partial charge is 0.247 e. The molecule has 1 aromatic rings. The fourth-order valence-corrected chi connectivity index (χ4v) is 6.70. The number of halogens is 1. The van der Waals surface area contributed by atoms with Gasteiger partial charge in [-0.3, -0.25) is 4.79 Å². The molecule has 6 heteroatoms. The molecule has 1 amide bonds. The van der Waals surface area contributed by atoms with E-state index in [0.717, 1.165) is 41.2 Å². The van der Waals surface area contributed by atoms with E-state index in [9.17, 15) is 9.18 Å². The highest BCUT2D eigenvalue weighted by Gasteiger charge is 2.52. The topological polar surface area (TPSA) is 32.7 Å². The normalized spacial score (nSPS) is 24.9. The standard InChI is InChI=1S/C23H27FN2OS2/c1-14(2)16(4)22(27)26-23(11-5-8-20-19(23)7-6-12-28-20)29-21(25-26)18-13-17(24)10-9-15(18)3/h6-7,9-10,13-14,16H,5,8,11-12H2,1-4H3. The summed E-state index contributed by atoms with van der Waals surface area (Å²) >= 11 is 3.50. The van der Waals surface area contributed by atoms with Crippen LogP contribution in [0.5, 0.6) is 0 Å². The van der Waals surface area contributed by atoms with Gasteiger partial charge < -0.3 is 0 Å². The molecule has 3 nitrogen and oxygen atoms in total. The van der Waals surface area contributed by atoms with Crippen LogP contribution in [0.2, 0.25) is 0 Å². The number of carbonyl (C=O) groups excluding carboxylic acids is 1. The molecule has 29 heavy (non-hydrogen) atoms. The molecule has 1 aromatic carbocycles. The van der Waals surface area contributed by atoms with E-state index in [-0.39, 0.29) is 23.6 Å². The number of carbonyl (C=O) groups is 1. The number of fused-ring (bicyclic) bond motifs is 1. The maximum atomic E-state index is 14.0. The van der Waals surface area contributed by atoms with Crippen LogP contribution in [0.25, 0.3) is 0 Å². The van der Waals surface area contributed by atoms with Crippen LogP contribution in [0, 0.1) is 24.6 Å². The van der Waals surface area contributed by atoms with Crippen molar-refractivity contribution in [2.45, 2.75) is 51.8 Å². The van der Waals surface area contributed by atoms with Gasteiger partial charge in [0, 0.05) is 17.2 Å². The van der Waals surface area contributed by atoms with Gasteiger partial charge in [-0.25, -0.2) is 9.40 Å². The van der Waals surface area contributed by atoms with E-state index in [1.54, 1.807) is 22.8 Å². The highest BCUT2D eigenvalue weighted by atomic mass is 32.2. The van der Waals surface area contributed by atoms with Crippen LogP contribution < -0.4 is 0 Å². The summed E-state index contributed by atoms with van der Waals surface area (Å²) < 4.78 is 14.0. The van der Waals surface area contributed by atoms with Crippen molar-refractivity contribution >= 4 is 34.5 Å². The Hall–Kier alpha value is -1.53. The molecule has 2 aliphatic heterocycles. The third kappa shape index (κ3) is 3.59. The third-order valence-corrected chi connectivity index (χ3v) is 8.67. The van der Waals surface area contributed by atoms with Crippen LogP contribution in [0.15, 0.2) is 45.9 Å². The molecular formula is C23H27FN2OS2. The SMILES string of the molecule is Cc1ccc(F)cc1C1=NN(C(=O)C(C)C(C)C)C2(CCCC3=C2C=CCS3)S1. The maximum absolute atomic E-state index is 14.0. The summed E-state index contributed by atoms with van der Waals surface area (Å²) in [7, 11) is 0. The highest BCUT2D eigenvalue weighted by Crippen LogP contribution is 2.55. The average molecular weight is 431 g/mol. The number of allylic oxidation sites excluding steroid dienone is 1. The van der Waals surface area contributed by atoms with Crippen LogP contribution in [0.3, 0.4) is 0 Å². The van der Waals surface area contributed by atoms with Crippen molar-refractivity contribution in [1.29, 1.82) is 0 Å². The predicted octanol–water partition coefficient (Wildman–Crippen LogP) is 6.10. The zero-order chi connectivity index (χ0) is 20.8. The van der Waals surface area contributed by atoms with Gasteiger partial charge in [0.25, 0.3) is 0 Å². The molecule has 0 aromatic heterocycles. The van der Waals surface area contributed by atoms with Gasteiger partial charge in [0.15, 0.2) is 0 Å². The third-order valence-electron chi connectivity index (χ3n) is 6.11. The van der Waals surface area contributed by atoms with Gasteiger partial charge in [-0.05, 0) is 60.3 Å². The first-order chi connectivity index (χ1) is 13.8. The molecule has 0 fully saturated rings. The summed E-state index contributed by atoms with van der Waals surface area (Å²) in [6.45, 7) is 8.09. The Morgan fingerprint density at radius 2 is 2.10 bits per heavy atom. The number of benzene rings is 1. The minimum atomic E-state index is -0.522. The molecule has 0 bridgehead atoms. The first kappa shape index (κ1) is 20.7. The van der Waals surface area contributed by atoms with Crippen LogP contribution in [-0.4, -0.2) is 26.6 Å². The molecule has 154 valence electrons. The number of nitrogens with zero attached hydrogens (tertiary/aromatic N) is 2. The van der Waals surface area contributed by atoms with Gasteiger partial charge in [-0.2, -0.15) is 5.10 Å². The summed E-state index contributed by atoms with van der Waals surface area (Å²) in [6.07, 6.45) is 7.31. The first-order valence-electron chi connectivity index (χ1n) is 10.2. The lowest BCUT2D eigenvalue weighted by molar-refractivity contribution is -0.138. The molecule has 2 unspecified atom stereocenters. The van der Waals surface area contributed by atoms with Gasteiger partial charge in [0.1, 0.15) is 15.7 Å². The molecule has 0 N–H and O–H groups in total. The average Bonchev–Trinajstić information content (AvgIpc) is 3.08. The van der Waals surface area contributed by atoms with Gasteiger partial charge in [0.2, 0.25) is 5.91 Å². The molecule has 1 spiro atoms. The van der Waals surface area contributed by atoms with Crippen LogP contribution >= 0.6 is 23.5 Å². The summed E-state index contributed by atoms with van der Waals surface area (Å²) in [4.78, 5) is 14.4. The van der Waals surface area contributed by atoms with E-state index in [0.29, 0.717) is 0 Å². The maximum Gasteiger partial charge on any atom is 0.247 e. The molecule has 3 aliphatic rings. The number of amides is 1. The van der Waals surface area contributed by atoms with E-state index >= 15 is 0 Å². The van der Waals surface area contributed by atoms with Crippen molar-refractivity contribution in [2.24, 2.45) is 16.9 Å². The lowest BCUT2D eigenvalue weighted by Crippen LogP contribution is -2.49. The van der Waals surface area contributed by atoms with Crippen LogP contribution in [0.4, 0.5) is 4.39 Å². The van der Waals surface area contributed by atoms with E-state index in [1.165, 1.54) is 22.6 Å². The summed E-state index contributed by atoms with van der Waals surface area (Å²) in [5.74, 6) is 0.852. The van der Waals surface area contributed by atoms with Crippen LogP contribution in [0.1, 0.15) is 51.2 Å². The minimum Gasteiger partial charge on any atom is -0.273 e. The van der Waals surface area contributed by atoms with E-state index in [2.05, 4.69) is 26.0 Å².